The molecule has 2 aliphatic carbocycles. The lowest BCUT2D eigenvalue weighted by molar-refractivity contribution is -0.140. The molecule has 1 saturated carbocycles. The number of nitrogens with zero attached hydrogens (tertiary/aromatic N) is 4. The van der Waals surface area contributed by atoms with E-state index in [9.17, 15) is 10.1 Å². The number of H-pyrrole nitrogens is 1. The molecule has 0 radical (unpaired) electrons. The Balaban J connectivity index is 1.56. The number of nitriles is 1. The van der Waals surface area contributed by atoms with Crippen LogP contribution < -0.4 is 5.32 Å². The second kappa shape index (κ2) is 6.56. The van der Waals surface area contributed by atoms with Gasteiger partial charge < -0.3 is 15.2 Å². The normalized spacial score (nSPS) is 26.7. The maximum absolute atomic E-state index is 13.7. The molecule has 1 aliphatic heterocycles. The highest BCUT2D eigenvalue weighted by atomic mass is 16.2. The minimum atomic E-state index is -0.530. The van der Waals surface area contributed by atoms with E-state index in [4.69, 9.17) is 0 Å². The van der Waals surface area contributed by atoms with Gasteiger partial charge in [-0.3, -0.25) is 4.79 Å². The Kier molecular flexibility index (Phi) is 4.07. The van der Waals surface area contributed by atoms with Crippen LogP contribution in [0.2, 0.25) is 0 Å². The van der Waals surface area contributed by atoms with Gasteiger partial charge in [0, 0.05) is 17.9 Å². The summed E-state index contributed by atoms with van der Waals surface area (Å²) in [6.45, 7) is 6.20. The van der Waals surface area contributed by atoms with Gasteiger partial charge in [-0.2, -0.15) is 5.26 Å². The fourth-order valence-electron chi connectivity index (χ4n) is 4.55. The van der Waals surface area contributed by atoms with E-state index in [0.29, 0.717) is 22.4 Å². The topological polar surface area (TPSA) is 97.7 Å². The number of amides is 1. The fourth-order valence-corrected chi connectivity index (χ4v) is 4.55. The maximum atomic E-state index is 13.7. The van der Waals surface area contributed by atoms with Crippen molar-refractivity contribution in [3.63, 3.8) is 0 Å². The molecule has 0 bridgehead atoms. The van der Waals surface area contributed by atoms with Crippen molar-refractivity contribution >= 4 is 22.8 Å². The number of carbonyl (C=O) groups is 1. The summed E-state index contributed by atoms with van der Waals surface area (Å²) in [5, 5.41) is 13.6. The van der Waals surface area contributed by atoms with Crippen LogP contribution in [0, 0.1) is 22.7 Å². The van der Waals surface area contributed by atoms with Gasteiger partial charge in [-0.1, -0.05) is 25.2 Å². The summed E-state index contributed by atoms with van der Waals surface area (Å²) in [7, 11) is 0. The van der Waals surface area contributed by atoms with Crippen LogP contribution in [0.15, 0.2) is 48.1 Å². The Hall–Kier alpha value is -3.40. The second-order valence-corrected chi connectivity index (χ2v) is 8.60. The first-order valence-corrected chi connectivity index (χ1v) is 10.4. The van der Waals surface area contributed by atoms with E-state index in [0.717, 1.165) is 24.1 Å². The summed E-state index contributed by atoms with van der Waals surface area (Å²) in [5.74, 6) is 0.909. The van der Waals surface area contributed by atoms with E-state index in [1.165, 1.54) is 6.33 Å². The SMILES string of the molecule is CC1C=CC=C2C=C([C@H](C)Nc3ncnc4[nH]cc(C#N)c34)N(C3CC3)C(=O)C21C. The monoisotopic (exact) mass is 400 g/mol. The molecule has 3 heterocycles. The number of rotatable bonds is 4. The molecule has 2 N–H and O–H groups in total. The summed E-state index contributed by atoms with van der Waals surface area (Å²) in [6, 6.07) is 2.28. The van der Waals surface area contributed by atoms with E-state index in [2.05, 4.69) is 58.4 Å². The van der Waals surface area contributed by atoms with Gasteiger partial charge >= 0.3 is 0 Å². The number of fused-ring (bicyclic) bond motifs is 2. The van der Waals surface area contributed by atoms with Gasteiger partial charge in [0.15, 0.2) is 0 Å². The molecule has 1 amide bonds. The van der Waals surface area contributed by atoms with Crippen molar-refractivity contribution in [2.45, 2.75) is 45.7 Å². The Morgan fingerprint density at radius 3 is 2.93 bits per heavy atom. The first-order chi connectivity index (χ1) is 14.4. The third-order valence-corrected chi connectivity index (χ3v) is 6.73. The molecule has 152 valence electrons. The largest absolute Gasteiger partial charge is 0.361 e. The third-order valence-electron chi connectivity index (χ3n) is 6.73. The number of aromatic amines is 1. The van der Waals surface area contributed by atoms with Crippen LogP contribution in [0.1, 0.15) is 39.2 Å². The van der Waals surface area contributed by atoms with Crippen LogP contribution in [0.4, 0.5) is 5.82 Å². The molecule has 0 aromatic carbocycles. The predicted octanol–water partition coefficient (Wildman–Crippen LogP) is 3.66. The van der Waals surface area contributed by atoms with Crippen LogP contribution in [0.25, 0.3) is 11.0 Å². The van der Waals surface area contributed by atoms with Gasteiger partial charge in [-0.05, 0) is 44.3 Å². The molecule has 3 aliphatic rings. The van der Waals surface area contributed by atoms with E-state index in [1.54, 1.807) is 6.20 Å². The molecule has 7 nitrogen and oxygen atoms in total. The molecule has 5 rings (SSSR count). The average molecular weight is 400 g/mol. The summed E-state index contributed by atoms with van der Waals surface area (Å²) >= 11 is 0. The van der Waals surface area contributed by atoms with Gasteiger partial charge in [-0.25, -0.2) is 9.97 Å². The number of carbonyl (C=O) groups excluding carboxylic acids is 1. The Bertz CT molecular complexity index is 1180. The highest BCUT2D eigenvalue weighted by Crippen LogP contribution is 2.49. The maximum Gasteiger partial charge on any atom is 0.238 e. The minimum absolute atomic E-state index is 0.145. The van der Waals surface area contributed by atoms with E-state index in [-0.39, 0.29) is 23.9 Å². The molecule has 2 aromatic heterocycles. The van der Waals surface area contributed by atoms with Crippen molar-refractivity contribution in [2.24, 2.45) is 11.3 Å². The second-order valence-electron chi connectivity index (χ2n) is 8.60. The molecule has 0 spiro atoms. The summed E-state index contributed by atoms with van der Waals surface area (Å²) < 4.78 is 0. The van der Waals surface area contributed by atoms with Crippen molar-refractivity contribution in [3.05, 3.63) is 53.7 Å². The highest BCUT2D eigenvalue weighted by Gasteiger charge is 2.51. The summed E-state index contributed by atoms with van der Waals surface area (Å²) in [6.07, 6.45) is 13.5. The molecule has 30 heavy (non-hydrogen) atoms. The van der Waals surface area contributed by atoms with Gasteiger partial charge in [0.25, 0.3) is 0 Å². The molecular formula is C23H24N6O. The Morgan fingerprint density at radius 2 is 2.20 bits per heavy atom. The first kappa shape index (κ1) is 18.6. The van der Waals surface area contributed by atoms with Gasteiger partial charge in [-0.15, -0.1) is 0 Å². The summed E-state index contributed by atoms with van der Waals surface area (Å²) in [4.78, 5) is 27.3. The number of hydrogen-bond donors (Lipinski definition) is 2. The lowest BCUT2D eigenvalue weighted by Crippen LogP contribution is -2.52. The molecule has 7 heteroatoms. The molecular weight excluding hydrogens is 376 g/mol. The number of aromatic nitrogens is 3. The van der Waals surface area contributed by atoms with Crippen LogP contribution >= 0.6 is 0 Å². The average Bonchev–Trinajstić information content (AvgIpc) is 3.48. The molecule has 1 fully saturated rings. The number of anilines is 1. The summed E-state index contributed by atoms with van der Waals surface area (Å²) in [5.41, 5.74) is 2.59. The smallest absolute Gasteiger partial charge is 0.238 e. The standard InChI is InChI=1S/C23H24N6O/c1-13-5-4-6-16-9-18(29(17-7-8-17)22(30)23(13,16)3)14(2)28-21-19-15(10-24)11-25-20(19)26-12-27-21/h4-6,9,11-14,17H,7-8H2,1-3H3,(H2,25,26,27,28)/t13?,14-,23?/m0/s1. The van der Waals surface area contributed by atoms with Gasteiger partial charge in [0.2, 0.25) is 5.91 Å². The van der Waals surface area contributed by atoms with Gasteiger partial charge in [0.05, 0.1) is 22.4 Å². The quantitative estimate of drug-likeness (QED) is 0.816. The van der Waals surface area contributed by atoms with Crippen LogP contribution in [-0.2, 0) is 4.79 Å². The Labute approximate surface area is 175 Å². The van der Waals surface area contributed by atoms with Crippen molar-refractivity contribution in [1.29, 1.82) is 5.26 Å². The van der Waals surface area contributed by atoms with Crippen LogP contribution in [0.5, 0.6) is 0 Å². The van der Waals surface area contributed by atoms with Crippen molar-refractivity contribution in [3.8, 4) is 6.07 Å². The number of nitrogens with one attached hydrogen (secondary N) is 2. The number of allylic oxidation sites excluding steroid dienone is 4. The van der Waals surface area contributed by atoms with Crippen LogP contribution in [0.3, 0.4) is 0 Å². The molecule has 2 unspecified atom stereocenters. The van der Waals surface area contributed by atoms with E-state index >= 15 is 0 Å². The minimum Gasteiger partial charge on any atom is -0.361 e. The van der Waals surface area contributed by atoms with Gasteiger partial charge in [0.1, 0.15) is 23.9 Å². The van der Waals surface area contributed by atoms with Crippen molar-refractivity contribution < 1.29 is 4.79 Å². The fraction of sp³-hybridized carbons (Fsp3) is 0.391. The molecule has 0 saturated heterocycles. The van der Waals surface area contributed by atoms with Crippen molar-refractivity contribution in [2.75, 3.05) is 5.32 Å². The zero-order chi connectivity index (χ0) is 21.0. The van der Waals surface area contributed by atoms with Crippen LogP contribution in [-0.4, -0.2) is 37.8 Å². The number of hydrogen-bond acceptors (Lipinski definition) is 5. The predicted molar refractivity (Wildman–Crippen MR) is 114 cm³/mol. The van der Waals surface area contributed by atoms with Crippen molar-refractivity contribution in [1.82, 2.24) is 19.9 Å². The highest BCUT2D eigenvalue weighted by molar-refractivity contribution is 5.93. The molecule has 2 aromatic rings. The first-order valence-electron chi connectivity index (χ1n) is 10.4. The molecule has 3 atom stereocenters. The van der Waals surface area contributed by atoms with E-state index < -0.39 is 5.41 Å². The lowest BCUT2D eigenvalue weighted by atomic mass is 9.66. The zero-order valence-corrected chi connectivity index (χ0v) is 17.3. The third kappa shape index (κ3) is 2.60. The zero-order valence-electron chi connectivity index (χ0n) is 17.3. The van der Waals surface area contributed by atoms with E-state index in [1.807, 2.05) is 17.9 Å². The lowest BCUT2D eigenvalue weighted by Gasteiger charge is -2.46. The Morgan fingerprint density at radius 1 is 1.40 bits per heavy atom.